The van der Waals surface area contributed by atoms with Crippen molar-refractivity contribution in [2.45, 2.75) is 37.7 Å². The lowest BCUT2D eigenvalue weighted by atomic mass is 10.1. The summed E-state index contributed by atoms with van der Waals surface area (Å²) in [5.74, 6) is 0.931. The third-order valence-electron chi connectivity index (χ3n) is 3.49. The van der Waals surface area contributed by atoms with E-state index in [9.17, 15) is 4.79 Å². The first-order chi connectivity index (χ1) is 10.5. The molecule has 1 aromatic heterocycles. The van der Waals surface area contributed by atoms with Gasteiger partial charge in [-0.3, -0.25) is 4.79 Å². The maximum Gasteiger partial charge on any atom is 0.235 e. The SMILES string of the molecule is CCn1c(SC(C)C(=O)N(C)C)nnc1-c1ccccc1C. The Hall–Kier alpha value is -1.82. The van der Waals surface area contributed by atoms with E-state index in [1.807, 2.05) is 25.1 Å². The van der Waals surface area contributed by atoms with Gasteiger partial charge < -0.3 is 9.47 Å². The molecule has 0 spiro atoms. The van der Waals surface area contributed by atoms with E-state index in [0.717, 1.165) is 23.1 Å². The minimum atomic E-state index is -0.186. The number of amides is 1. The molecule has 0 aliphatic rings. The topological polar surface area (TPSA) is 51.0 Å². The van der Waals surface area contributed by atoms with Crippen molar-refractivity contribution in [3.63, 3.8) is 0 Å². The van der Waals surface area contributed by atoms with Crippen molar-refractivity contribution in [3.05, 3.63) is 29.8 Å². The number of hydrogen-bond donors (Lipinski definition) is 0. The van der Waals surface area contributed by atoms with E-state index in [1.54, 1.807) is 19.0 Å². The van der Waals surface area contributed by atoms with Crippen LogP contribution in [0.5, 0.6) is 0 Å². The summed E-state index contributed by atoms with van der Waals surface area (Å²) >= 11 is 1.45. The standard InChI is InChI=1S/C16H22N4OS/c1-6-20-14(13-10-8-7-9-11(13)2)17-18-16(20)22-12(3)15(21)19(4)5/h7-10,12H,6H2,1-5H3. The molecule has 0 saturated carbocycles. The largest absolute Gasteiger partial charge is 0.348 e. The lowest BCUT2D eigenvalue weighted by Gasteiger charge is -2.16. The number of aromatic nitrogens is 3. The van der Waals surface area contributed by atoms with E-state index in [4.69, 9.17) is 0 Å². The molecule has 0 aliphatic carbocycles. The first-order valence-electron chi connectivity index (χ1n) is 7.32. The molecule has 0 aliphatic heterocycles. The van der Waals surface area contributed by atoms with Gasteiger partial charge in [0.1, 0.15) is 0 Å². The summed E-state index contributed by atoms with van der Waals surface area (Å²) in [5, 5.41) is 9.23. The second kappa shape index (κ2) is 6.96. The zero-order valence-corrected chi connectivity index (χ0v) is 14.5. The van der Waals surface area contributed by atoms with Gasteiger partial charge in [-0.25, -0.2) is 0 Å². The van der Waals surface area contributed by atoms with Gasteiger partial charge in [0.15, 0.2) is 11.0 Å². The van der Waals surface area contributed by atoms with Crippen LogP contribution in [0.3, 0.4) is 0 Å². The smallest absolute Gasteiger partial charge is 0.235 e. The summed E-state index contributed by atoms with van der Waals surface area (Å²) in [6.07, 6.45) is 0. The average molecular weight is 318 g/mol. The normalized spacial score (nSPS) is 12.2. The van der Waals surface area contributed by atoms with Crippen LogP contribution in [-0.2, 0) is 11.3 Å². The van der Waals surface area contributed by atoms with Crippen molar-refractivity contribution in [2.75, 3.05) is 14.1 Å². The quantitative estimate of drug-likeness (QED) is 0.796. The molecule has 6 heteroatoms. The number of rotatable bonds is 5. The Labute approximate surface area is 135 Å². The number of carbonyl (C=O) groups excluding carboxylic acids is 1. The number of thioether (sulfide) groups is 1. The Morgan fingerprint density at radius 2 is 2.00 bits per heavy atom. The summed E-state index contributed by atoms with van der Waals surface area (Å²) in [4.78, 5) is 13.6. The van der Waals surface area contributed by atoms with Crippen LogP contribution in [0.2, 0.25) is 0 Å². The van der Waals surface area contributed by atoms with Gasteiger partial charge in [-0.2, -0.15) is 0 Å². The van der Waals surface area contributed by atoms with Crippen LogP contribution in [-0.4, -0.2) is 44.9 Å². The Kier molecular flexibility index (Phi) is 5.24. The van der Waals surface area contributed by atoms with E-state index in [-0.39, 0.29) is 11.2 Å². The first-order valence-corrected chi connectivity index (χ1v) is 8.20. The van der Waals surface area contributed by atoms with E-state index < -0.39 is 0 Å². The maximum absolute atomic E-state index is 12.0. The van der Waals surface area contributed by atoms with Gasteiger partial charge in [-0.1, -0.05) is 36.0 Å². The Balaban J connectivity index is 2.33. The first kappa shape index (κ1) is 16.5. The lowest BCUT2D eigenvalue weighted by molar-refractivity contribution is -0.127. The molecule has 22 heavy (non-hydrogen) atoms. The molecule has 1 aromatic carbocycles. The summed E-state index contributed by atoms with van der Waals surface area (Å²) < 4.78 is 2.06. The monoisotopic (exact) mass is 318 g/mol. The van der Waals surface area contributed by atoms with Crippen molar-refractivity contribution >= 4 is 17.7 Å². The molecule has 0 saturated heterocycles. The van der Waals surface area contributed by atoms with Gasteiger partial charge in [0.25, 0.3) is 0 Å². The summed E-state index contributed by atoms with van der Waals surface area (Å²) in [6.45, 7) is 6.79. The van der Waals surface area contributed by atoms with Crippen molar-refractivity contribution in [1.82, 2.24) is 19.7 Å². The van der Waals surface area contributed by atoms with Gasteiger partial charge >= 0.3 is 0 Å². The number of carbonyl (C=O) groups is 1. The molecule has 0 fully saturated rings. The third-order valence-corrected chi connectivity index (χ3v) is 4.56. The molecular weight excluding hydrogens is 296 g/mol. The molecule has 0 radical (unpaired) electrons. The van der Waals surface area contributed by atoms with Crippen LogP contribution in [0.25, 0.3) is 11.4 Å². The van der Waals surface area contributed by atoms with Gasteiger partial charge in [0, 0.05) is 26.2 Å². The van der Waals surface area contributed by atoms with Gasteiger partial charge in [0.2, 0.25) is 5.91 Å². The van der Waals surface area contributed by atoms with Crippen molar-refractivity contribution in [1.29, 1.82) is 0 Å². The van der Waals surface area contributed by atoms with Crippen LogP contribution < -0.4 is 0 Å². The van der Waals surface area contributed by atoms with Gasteiger partial charge in [0.05, 0.1) is 5.25 Å². The fourth-order valence-electron chi connectivity index (χ4n) is 2.26. The molecule has 5 nitrogen and oxygen atoms in total. The molecule has 0 bridgehead atoms. The highest BCUT2D eigenvalue weighted by Gasteiger charge is 2.21. The molecule has 1 unspecified atom stereocenters. The molecule has 1 heterocycles. The molecule has 1 atom stereocenters. The van der Waals surface area contributed by atoms with Crippen molar-refractivity contribution < 1.29 is 4.79 Å². The molecule has 2 rings (SSSR count). The predicted molar refractivity (Wildman–Crippen MR) is 89.9 cm³/mol. The second-order valence-corrected chi connectivity index (χ2v) is 6.67. The Morgan fingerprint density at radius 1 is 1.32 bits per heavy atom. The maximum atomic E-state index is 12.0. The number of aryl methyl sites for hydroxylation is 1. The highest BCUT2D eigenvalue weighted by atomic mass is 32.2. The fraction of sp³-hybridized carbons (Fsp3) is 0.438. The second-order valence-electron chi connectivity index (χ2n) is 5.36. The van der Waals surface area contributed by atoms with Crippen LogP contribution in [0.4, 0.5) is 0 Å². The molecule has 2 aromatic rings. The molecule has 118 valence electrons. The molecular formula is C16H22N4OS. The predicted octanol–water partition coefficient (Wildman–Crippen LogP) is 2.84. The summed E-state index contributed by atoms with van der Waals surface area (Å²) in [7, 11) is 3.53. The highest BCUT2D eigenvalue weighted by molar-refractivity contribution is 8.00. The zero-order valence-electron chi connectivity index (χ0n) is 13.7. The van der Waals surface area contributed by atoms with E-state index in [0.29, 0.717) is 0 Å². The minimum Gasteiger partial charge on any atom is -0.348 e. The van der Waals surface area contributed by atoms with Crippen LogP contribution in [0.15, 0.2) is 29.4 Å². The Morgan fingerprint density at radius 3 is 2.59 bits per heavy atom. The zero-order chi connectivity index (χ0) is 16.3. The minimum absolute atomic E-state index is 0.0769. The van der Waals surface area contributed by atoms with Gasteiger partial charge in [-0.15, -0.1) is 10.2 Å². The molecule has 0 N–H and O–H groups in total. The van der Waals surface area contributed by atoms with Crippen molar-refractivity contribution in [3.8, 4) is 11.4 Å². The Bertz CT molecular complexity index is 666. The number of benzene rings is 1. The number of hydrogen-bond acceptors (Lipinski definition) is 4. The molecule has 1 amide bonds. The average Bonchev–Trinajstić information content (AvgIpc) is 2.89. The highest BCUT2D eigenvalue weighted by Crippen LogP contribution is 2.28. The summed E-state index contributed by atoms with van der Waals surface area (Å²) in [5.41, 5.74) is 2.24. The van der Waals surface area contributed by atoms with Crippen LogP contribution >= 0.6 is 11.8 Å². The van der Waals surface area contributed by atoms with Gasteiger partial charge in [-0.05, 0) is 26.3 Å². The number of nitrogens with zero attached hydrogens (tertiary/aromatic N) is 4. The van der Waals surface area contributed by atoms with Crippen molar-refractivity contribution in [2.24, 2.45) is 0 Å². The van der Waals surface area contributed by atoms with E-state index in [2.05, 4.69) is 34.7 Å². The summed E-state index contributed by atoms with van der Waals surface area (Å²) in [6, 6.07) is 8.13. The fourth-order valence-corrected chi connectivity index (χ4v) is 3.31. The van der Waals surface area contributed by atoms with E-state index in [1.165, 1.54) is 17.3 Å². The van der Waals surface area contributed by atoms with Crippen LogP contribution in [0.1, 0.15) is 19.4 Å². The van der Waals surface area contributed by atoms with E-state index >= 15 is 0 Å². The van der Waals surface area contributed by atoms with Crippen LogP contribution in [0, 0.1) is 6.92 Å². The lowest BCUT2D eigenvalue weighted by Crippen LogP contribution is -2.29. The third kappa shape index (κ3) is 3.32.